The van der Waals surface area contributed by atoms with Crippen molar-refractivity contribution in [1.29, 1.82) is 0 Å². The van der Waals surface area contributed by atoms with Crippen LogP contribution in [0.5, 0.6) is 0 Å². The molecule has 0 saturated carbocycles. The quantitative estimate of drug-likeness (QED) is 0.708. The van der Waals surface area contributed by atoms with Gasteiger partial charge >= 0.3 is 5.97 Å². The third-order valence-electron chi connectivity index (χ3n) is 6.34. The smallest absolute Gasteiger partial charge is 0.312 e. The molecule has 2 aliphatic heterocycles. The fraction of sp³-hybridized carbons (Fsp3) is 0.435. The Morgan fingerprint density at radius 2 is 1.55 bits per heavy atom. The molecule has 0 spiro atoms. The predicted octanol–water partition coefficient (Wildman–Crippen LogP) is 4.10. The first kappa shape index (κ1) is 20.0. The summed E-state index contributed by atoms with van der Waals surface area (Å²) in [6, 6.07) is 12.6. The second kappa shape index (κ2) is 8.20. The Hall–Kier alpha value is -2.31. The van der Waals surface area contributed by atoms with Crippen LogP contribution in [0.15, 0.2) is 48.5 Å². The van der Waals surface area contributed by atoms with Gasteiger partial charge in [-0.3, -0.25) is 9.69 Å². The molecule has 2 heterocycles. The molecule has 4 nitrogen and oxygen atoms in total. The molecular weight excluding hydrogens is 376 g/mol. The number of benzene rings is 2. The molecule has 0 aliphatic carbocycles. The predicted molar refractivity (Wildman–Crippen MR) is 104 cm³/mol. The maximum Gasteiger partial charge on any atom is 0.312 e. The van der Waals surface area contributed by atoms with Crippen molar-refractivity contribution in [3.05, 3.63) is 71.3 Å². The van der Waals surface area contributed by atoms with Crippen molar-refractivity contribution in [3.8, 4) is 0 Å². The molecule has 0 N–H and O–H groups in total. The van der Waals surface area contributed by atoms with Crippen molar-refractivity contribution >= 4 is 5.97 Å². The topological polar surface area (TPSA) is 38.8 Å². The van der Waals surface area contributed by atoms with Gasteiger partial charge in [0, 0.05) is 12.1 Å². The lowest BCUT2D eigenvalue weighted by Gasteiger charge is -2.42. The highest BCUT2D eigenvalue weighted by atomic mass is 19.1. The van der Waals surface area contributed by atoms with E-state index in [2.05, 4.69) is 4.90 Å². The Balaban J connectivity index is 1.68. The van der Waals surface area contributed by atoms with Crippen LogP contribution in [0.2, 0.25) is 0 Å². The first-order valence-corrected chi connectivity index (χ1v) is 9.94. The third-order valence-corrected chi connectivity index (χ3v) is 6.34. The average molecular weight is 401 g/mol. The van der Waals surface area contributed by atoms with E-state index in [1.54, 1.807) is 24.3 Å². The van der Waals surface area contributed by atoms with Crippen molar-refractivity contribution in [2.75, 3.05) is 14.2 Å². The van der Waals surface area contributed by atoms with E-state index in [0.29, 0.717) is 12.5 Å². The van der Waals surface area contributed by atoms with E-state index in [-0.39, 0.29) is 29.7 Å². The molecule has 154 valence electrons. The van der Waals surface area contributed by atoms with Crippen LogP contribution < -0.4 is 0 Å². The zero-order valence-electron chi connectivity index (χ0n) is 16.6. The van der Waals surface area contributed by atoms with Gasteiger partial charge in [0.2, 0.25) is 0 Å². The van der Waals surface area contributed by atoms with E-state index < -0.39 is 12.0 Å². The minimum Gasteiger partial charge on any atom is -0.469 e. The van der Waals surface area contributed by atoms with Gasteiger partial charge in [-0.05, 0) is 61.7 Å². The van der Waals surface area contributed by atoms with Crippen molar-refractivity contribution in [2.45, 2.75) is 43.6 Å². The first-order valence-electron chi connectivity index (χ1n) is 9.94. The lowest BCUT2D eigenvalue weighted by molar-refractivity contribution is -0.162. The Morgan fingerprint density at radius 1 is 1.00 bits per heavy atom. The van der Waals surface area contributed by atoms with Gasteiger partial charge in [-0.15, -0.1) is 0 Å². The molecule has 2 aromatic rings. The fourth-order valence-corrected chi connectivity index (χ4v) is 4.81. The van der Waals surface area contributed by atoms with Gasteiger partial charge in [-0.1, -0.05) is 24.3 Å². The molecule has 0 amide bonds. The second-order valence-electron chi connectivity index (χ2n) is 7.91. The standard InChI is InChI=1S/C23H25F2NO3/c1-26-18-11-12-19(26)21(23(27)28-2)20(13-18)29-22(14-3-7-16(24)8-4-14)15-5-9-17(25)10-6-15/h3-10,18-22H,11-13H2,1-2H3/t18-,19+,20-,21+/m1/s1. The molecule has 2 saturated heterocycles. The Morgan fingerprint density at radius 3 is 2.07 bits per heavy atom. The van der Waals surface area contributed by atoms with Gasteiger partial charge < -0.3 is 9.47 Å². The largest absolute Gasteiger partial charge is 0.469 e. The Bertz CT molecular complexity index is 810. The number of carbonyl (C=O) groups excluding carboxylic acids is 1. The highest BCUT2D eigenvalue weighted by molar-refractivity contribution is 5.74. The molecule has 0 aromatic heterocycles. The number of piperidine rings is 1. The zero-order valence-corrected chi connectivity index (χ0v) is 16.6. The van der Waals surface area contributed by atoms with Crippen molar-refractivity contribution in [1.82, 2.24) is 4.90 Å². The molecule has 2 aromatic carbocycles. The molecule has 4 rings (SSSR count). The number of rotatable bonds is 5. The van der Waals surface area contributed by atoms with E-state index in [1.165, 1.54) is 31.4 Å². The van der Waals surface area contributed by atoms with Crippen molar-refractivity contribution in [2.24, 2.45) is 5.92 Å². The van der Waals surface area contributed by atoms with Crippen LogP contribution in [0, 0.1) is 17.6 Å². The van der Waals surface area contributed by atoms with E-state index in [1.807, 2.05) is 7.05 Å². The summed E-state index contributed by atoms with van der Waals surface area (Å²) in [4.78, 5) is 14.9. The normalized spacial score (nSPS) is 26.7. The molecule has 2 fully saturated rings. The summed E-state index contributed by atoms with van der Waals surface area (Å²) in [5.41, 5.74) is 1.51. The lowest BCUT2D eigenvalue weighted by Crippen LogP contribution is -2.53. The lowest BCUT2D eigenvalue weighted by atomic mass is 9.87. The maximum atomic E-state index is 13.5. The van der Waals surface area contributed by atoms with Gasteiger partial charge in [-0.2, -0.15) is 0 Å². The molecule has 0 unspecified atom stereocenters. The molecule has 2 aliphatic rings. The molecular formula is C23H25F2NO3. The van der Waals surface area contributed by atoms with Crippen LogP contribution >= 0.6 is 0 Å². The molecule has 4 atom stereocenters. The number of esters is 1. The summed E-state index contributed by atoms with van der Waals surface area (Å²) in [5, 5.41) is 0. The maximum absolute atomic E-state index is 13.5. The molecule has 6 heteroatoms. The number of methoxy groups -OCH3 is 1. The van der Waals surface area contributed by atoms with Crippen LogP contribution in [0.25, 0.3) is 0 Å². The van der Waals surface area contributed by atoms with Crippen molar-refractivity contribution < 1.29 is 23.0 Å². The minimum absolute atomic E-state index is 0.0771. The zero-order chi connectivity index (χ0) is 20.5. The minimum atomic E-state index is -0.531. The number of carbonyl (C=O) groups is 1. The molecule has 29 heavy (non-hydrogen) atoms. The van der Waals surface area contributed by atoms with Crippen LogP contribution in [-0.2, 0) is 14.3 Å². The number of halogens is 2. The summed E-state index contributed by atoms with van der Waals surface area (Å²) in [6.45, 7) is 0. The van der Waals surface area contributed by atoms with E-state index in [9.17, 15) is 13.6 Å². The van der Waals surface area contributed by atoms with E-state index in [0.717, 1.165) is 24.0 Å². The summed E-state index contributed by atoms with van der Waals surface area (Å²) in [5.74, 6) is -1.34. The third kappa shape index (κ3) is 3.91. The van der Waals surface area contributed by atoms with Gasteiger partial charge in [0.1, 0.15) is 17.7 Å². The molecule has 0 radical (unpaired) electrons. The highest BCUT2D eigenvalue weighted by Gasteiger charge is 2.50. The van der Waals surface area contributed by atoms with E-state index in [4.69, 9.17) is 9.47 Å². The summed E-state index contributed by atoms with van der Waals surface area (Å²) in [7, 11) is 3.45. The summed E-state index contributed by atoms with van der Waals surface area (Å²) in [6.07, 6.45) is 1.80. The fourth-order valence-electron chi connectivity index (χ4n) is 4.81. The SMILES string of the molecule is COC(=O)[C@@H]1[C@H](OC(c2ccc(F)cc2)c2ccc(F)cc2)C[C@H]2CC[C@@H]1N2C. The van der Waals surface area contributed by atoms with Crippen LogP contribution in [0.4, 0.5) is 8.78 Å². The second-order valence-corrected chi connectivity index (χ2v) is 7.91. The van der Waals surface area contributed by atoms with Crippen LogP contribution in [0.1, 0.15) is 36.5 Å². The van der Waals surface area contributed by atoms with E-state index >= 15 is 0 Å². The summed E-state index contributed by atoms with van der Waals surface area (Å²) >= 11 is 0. The number of hydrogen-bond donors (Lipinski definition) is 0. The summed E-state index contributed by atoms with van der Waals surface area (Å²) < 4.78 is 38.6. The Kier molecular flexibility index (Phi) is 5.65. The first-order chi connectivity index (χ1) is 14.0. The van der Waals surface area contributed by atoms with Gasteiger partial charge in [0.05, 0.1) is 19.1 Å². The monoisotopic (exact) mass is 401 g/mol. The average Bonchev–Trinajstić information content (AvgIpc) is 2.96. The van der Waals surface area contributed by atoms with Crippen LogP contribution in [-0.4, -0.2) is 43.2 Å². The molecule has 2 bridgehead atoms. The van der Waals surface area contributed by atoms with Gasteiger partial charge in [0.25, 0.3) is 0 Å². The number of hydrogen-bond acceptors (Lipinski definition) is 4. The number of fused-ring (bicyclic) bond motifs is 2. The Labute approximate surface area is 169 Å². The highest BCUT2D eigenvalue weighted by Crippen LogP contribution is 2.42. The number of nitrogens with zero attached hydrogens (tertiary/aromatic N) is 1. The van der Waals surface area contributed by atoms with Crippen LogP contribution in [0.3, 0.4) is 0 Å². The van der Waals surface area contributed by atoms with Gasteiger partial charge in [-0.25, -0.2) is 8.78 Å². The van der Waals surface area contributed by atoms with Crippen molar-refractivity contribution in [3.63, 3.8) is 0 Å². The number of ether oxygens (including phenoxy) is 2. The van der Waals surface area contributed by atoms with Gasteiger partial charge in [0.15, 0.2) is 0 Å².